The summed E-state index contributed by atoms with van der Waals surface area (Å²) in [7, 11) is 0. The van der Waals surface area contributed by atoms with Gasteiger partial charge in [0.15, 0.2) is 0 Å². The van der Waals surface area contributed by atoms with Gasteiger partial charge in [0.25, 0.3) is 5.56 Å². The third-order valence-electron chi connectivity index (χ3n) is 2.63. The van der Waals surface area contributed by atoms with Crippen LogP contribution >= 0.6 is 11.3 Å². The van der Waals surface area contributed by atoms with E-state index in [1.165, 1.54) is 11.3 Å². The number of nitrogens with one attached hydrogen (secondary N) is 1. The minimum atomic E-state index is -0.196. The van der Waals surface area contributed by atoms with Crippen LogP contribution in [-0.4, -0.2) is 15.9 Å². The summed E-state index contributed by atoms with van der Waals surface area (Å²) in [5, 5.41) is 1.81. The molecule has 0 radical (unpaired) electrons. The number of nitrogens with zero attached hydrogens (tertiary/aromatic N) is 1. The highest BCUT2D eigenvalue weighted by molar-refractivity contribution is 7.17. The Labute approximate surface area is 100 Å². The van der Waals surface area contributed by atoms with Crippen molar-refractivity contribution in [3.8, 4) is 0 Å². The zero-order chi connectivity index (χ0) is 11.8. The van der Waals surface area contributed by atoms with Crippen molar-refractivity contribution in [2.45, 2.75) is 19.4 Å². The molecule has 6 heteroatoms. The van der Waals surface area contributed by atoms with Gasteiger partial charge in [-0.1, -0.05) is 0 Å². The lowest BCUT2D eigenvalue weighted by Gasteiger charge is -2.02. The molecule has 0 bridgehead atoms. The molecule has 1 saturated carbocycles. The van der Waals surface area contributed by atoms with Gasteiger partial charge >= 0.3 is 5.97 Å². The predicted molar refractivity (Wildman–Crippen MR) is 62.8 cm³/mol. The predicted octanol–water partition coefficient (Wildman–Crippen LogP) is 1.44. The number of thiophene rings is 1. The van der Waals surface area contributed by atoms with Crippen molar-refractivity contribution >= 4 is 27.5 Å². The van der Waals surface area contributed by atoms with Crippen LogP contribution in [-0.2, 0) is 16.1 Å². The first-order valence-corrected chi connectivity index (χ1v) is 6.25. The van der Waals surface area contributed by atoms with Crippen LogP contribution in [0.4, 0.5) is 0 Å². The number of fused-ring (bicyclic) bond motifs is 1. The average molecular weight is 250 g/mol. The highest BCUT2D eigenvalue weighted by Gasteiger charge is 2.31. The van der Waals surface area contributed by atoms with Crippen LogP contribution in [0.1, 0.15) is 18.7 Å². The number of H-pyrrole nitrogens is 1. The van der Waals surface area contributed by atoms with E-state index in [9.17, 15) is 9.59 Å². The standard InChI is InChI=1S/C11H10N2O3S/c14-10-9-7(3-4-17-9)12-8(13-10)5-16-11(15)6-1-2-6/h3-4,6H,1-2,5H2,(H,12,13,14). The molecular formula is C11H10N2O3S. The number of carbonyl (C=O) groups excluding carboxylic acids is 1. The summed E-state index contributed by atoms with van der Waals surface area (Å²) >= 11 is 1.35. The van der Waals surface area contributed by atoms with E-state index in [2.05, 4.69) is 9.97 Å². The summed E-state index contributed by atoms with van der Waals surface area (Å²) in [5.74, 6) is 0.263. The molecule has 3 rings (SSSR count). The van der Waals surface area contributed by atoms with Crippen molar-refractivity contribution in [1.82, 2.24) is 9.97 Å². The molecule has 0 aliphatic heterocycles. The Kier molecular flexibility index (Phi) is 2.44. The molecule has 1 aliphatic carbocycles. The molecule has 1 aliphatic rings. The molecule has 0 saturated heterocycles. The van der Waals surface area contributed by atoms with Gasteiger partial charge in [0.05, 0.1) is 11.4 Å². The molecule has 1 fully saturated rings. The van der Waals surface area contributed by atoms with Gasteiger partial charge < -0.3 is 9.72 Å². The Morgan fingerprint density at radius 3 is 3.18 bits per heavy atom. The number of hydrogen-bond acceptors (Lipinski definition) is 5. The summed E-state index contributed by atoms with van der Waals surface area (Å²) in [6.45, 7) is 0.0381. The molecule has 0 amide bonds. The number of ether oxygens (including phenoxy) is 1. The summed E-state index contributed by atoms with van der Waals surface area (Å²) < 4.78 is 5.66. The molecule has 1 N–H and O–H groups in total. The third-order valence-corrected chi connectivity index (χ3v) is 3.53. The van der Waals surface area contributed by atoms with Gasteiger partial charge in [-0.15, -0.1) is 11.3 Å². The topological polar surface area (TPSA) is 72.0 Å². The highest BCUT2D eigenvalue weighted by Crippen LogP contribution is 2.30. The Hall–Kier alpha value is -1.69. The van der Waals surface area contributed by atoms with Crippen LogP contribution in [0.3, 0.4) is 0 Å². The van der Waals surface area contributed by atoms with Crippen molar-refractivity contribution < 1.29 is 9.53 Å². The first-order chi connectivity index (χ1) is 8.24. The molecule has 88 valence electrons. The van der Waals surface area contributed by atoms with Gasteiger partial charge in [-0.3, -0.25) is 9.59 Å². The fourth-order valence-corrected chi connectivity index (χ4v) is 2.29. The minimum Gasteiger partial charge on any atom is -0.457 e. The molecule has 0 spiro atoms. The monoisotopic (exact) mass is 250 g/mol. The second kappa shape index (κ2) is 3.96. The second-order valence-corrected chi connectivity index (χ2v) is 4.95. The SMILES string of the molecule is O=C(OCc1nc2ccsc2c(=O)[nH]1)C1CC1. The van der Waals surface area contributed by atoms with Crippen LogP contribution in [0.15, 0.2) is 16.2 Å². The molecule has 2 aromatic rings. The van der Waals surface area contributed by atoms with Gasteiger partial charge in [-0.05, 0) is 24.3 Å². The number of hydrogen-bond donors (Lipinski definition) is 1. The minimum absolute atomic E-state index is 0.0381. The van der Waals surface area contributed by atoms with Crippen LogP contribution in [0.25, 0.3) is 10.2 Å². The normalized spacial score (nSPS) is 15.1. The van der Waals surface area contributed by atoms with E-state index in [0.29, 0.717) is 16.0 Å². The van der Waals surface area contributed by atoms with Crippen molar-refractivity contribution in [3.63, 3.8) is 0 Å². The van der Waals surface area contributed by atoms with E-state index in [0.717, 1.165) is 12.8 Å². The lowest BCUT2D eigenvalue weighted by atomic mass is 10.4. The fraction of sp³-hybridized carbons (Fsp3) is 0.364. The molecule has 0 atom stereocenters. The summed E-state index contributed by atoms with van der Waals surface area (Å²) in [6, 6.07) is 1.78. The van der Waals surface area contributed by atoms with Crippen LogP contribution in [0.5, 0.6) is 0 Å². The number of rotatable bonds is 3. The number of esters is 1. The lowest BCUT2D eigenvalue weighted by molar-refractivity contribution is -0.146. The van der Waals surface area contributed by atoms with Gasteiger partial charge in [-0.2, -0.15) is 0 Å². The summed E-state index contributed by atoms with van der Waals surface area (Å²) in [6.07, 6.45) is 1.82. The zero-order valence-corrected chi connectivity index (χ0v) is 9.75. The Bertz CT molecular complexity index is 627. The first kappa shape index (κ1) is 10.5. The quantitative estimate of drug-likeness (QED) is 0.836. The Morgan fingerprint density at radius 1 is 1.59 bits per heavy atom. The maximum atomic E-state index is 11.6. The highest BCUT2D eigenvalue weighted by atomic mass is 32.1. The fourth-order valence-electron chi connectivity index (χ4n) is 1.57. The van der Waals surface area contributed by atoms with Crippen LogP contribution < -0.4 is 5.56 Å². The van der Waals surface area contributed by atoms with Crippen molar-refractivity contribution in [2.24, 2.45) is 5.92 Å². The van der Waals surface area contributed by atoms with E-state index in [1.807, 2.05) is 5.38 Å². The number of carbonyl (C=O) groups is 1. The molecule has 2 heterocycles. The lowest BCUT2D eigenvalue weighted by Crippen LogP contribution is -2.14. The van der Waals surface area contributed by atoms with Crippen LogP contribution in [0, 0.1) is 5.92 Å². The Balaban J connectivity index is 1.80. The molecule has 5 nitrogen and oxygen atoms in total. The number of aromatic nitrogens is 2. The van der Waals surface area contributed by atoms with Crippen molar-refractivity contribution in [2.75, 3.05) is 0 Å². The number of aromatic amines is 1. The second-order valence-electron chi connectivity index (χ2n) is 4.03. The average Bonchev–Trinajstić information content (AvgIpc) is 3.05. The van der Waals surface area contributed by atoms with Gasteiger partial charge in [0, 0.05) is 0 Å². The van der Waals surface area contributed by atoms with Gasteiger partial charge in [0.1, 0.15) is 17.1 Å². The molecule has 0 aromatic carbocycles. The molecular weight excluding hydrogens is 240 g/mol. The van der Waals surface area contributed by atoms with Crippen LogP contribution in [0.2, 0.25) is 0 Å². The molecule has 2 aromatic heterocycles. The first-order valence-electron chi connectivity index (χ1n) is 5.37. The van der Waals surface area contributed by atoms with E-state index in [4.69, 9.17) is 4.74 Å². The summed E-state index contributed by atoms with van der Waals surface area (Å²) in [5.41, 5.74) is 0.471. The van der Waals surface area contributed by atoms with Crippen molar-refractivity contribution in [3.05, 3.63) is 27.6 Å². The van der Waals surface area contributed by atoms with E-state index in [1.54, 1.807) is 6.07 Å². The maximum absolute atomic E-state index is 11.6. The smallest absolute Gasteiger partial charge is 0.309 e. The zero-order valence-electron chi connectivity index (χ0n) is 8.93. The third kappa shape index (κ3) is 2.08. The summed E-state index contributed by atoms with van der Waals surface area (Å²) in [4.78, 5) is 29.8. The molecule has 0 unspecified atom stereocenters. The van der Waals surface area contributed by atoms with E-state index in [-0.39, 0.29) is 24.1 Å². The molecule has 17 heavy (non-hydrogen) atoms. The maximum Gasteiger partial charge on any atom is 0.309 e. The Morgan fingerprint density at radius 2 is 2.41 bits per heavy atom. The van der Waals surface area contributed by atoms with Gasteiger partial charge in [-0.25, -0.2) is 4.98 Å². The van der Waals surface area contributed by atoms with E-state index >= 15 is 0 Å². The van der Waals surface area contributed by atoms with Gasteiger partial charge in [0.2, 0.25) is 0 Å². The van der Waals surface area contributed by atoms with Crippen molar-refractivity contribution in [1.29, 1.82) is 0 Å². The largest absolute Gasteiger partial charge is 0.457 e. The van der Waals surface area contributed by atoms with E-state index < -0.39 is 0 Å².